The third-order valence-corrected chi connectivity index (χ3v) is 3.39. The van der Waals surface area contributed by atoms with Crippen molar-refractivity contribution in [1.29, 1.82) is 0 Å². The lowest BCUT2D eigenvalue weighted by atomic mass is 10.2. The van der Waals surface area contributed by atoms with Crippen LogP contribution in [0.15, 0.2) is 6.07 Å². The summed E-state index contributed by atoms with van der Waals surface area (Å²) < 4.78 is 2.02. The topological polar surface area (TPSA) is 33.1 Å². The van der Waals surface area contributed by atoms with Crippen LogP contribution in [0.1, 0.15) is 25.2 Å². The third kappa shape index (κ3) is 2.44. The maximum atomic E-state index is 4.49. The maximum absolute atomic E-state index is 4.49. The molecule has 0 aliphatic carbocycles. The Labute approximate surface area is 97.6 Å². The van der Waals surface area contributed by atoms with E-state index in [-0.39, 0.29) is 0 Å². The zero-order valence-electron chi connectivity index (χ0n) is 10.5. The van der Waals surface area contributed by atoms with Crippen LogP contribution >= 0.6 is 0 Å². The van der Waals surface area contributed by atoms with Gasteiger partial charge in [-0.15, -0.1) is 0 Å². The van der Waals surface area contributed by atoms with Crippen molar-refractivity contribution in [3.8, 4) is 0 Å². The molecule has 1 saturated heterocycles. The highest BCUT2D eigenvalue weighted by Gasteiger charge is 2.19. The van der Waals surface area contributed by atoms with Crippen LogP contribution < -0.4 is 5.32 Å². The Kier molecular flexibility index (Phi) is 3.61. The highest BCUT2D eigenvalue weighted by molar-refractivity contribution is 5.10. The predicted molar refractivity (Wildman–Crippen MR) is 65.3 cm³/mol. The van der Waals surface area contributed by atoms with Crippen molar-refractivity contribution in [3.63, 3.8) is 0 Å². The third-order valence-electron chi connectivity index (χ3n) is 3.39. The smallest absolute Gasteiger partial charge is 0.0625 e. The molecular formula is C12H22N4. The molecule has 1 aromatic heterocycles. The van der Waals surface area contributed by atoms with E-state index >= 15 is 0 Å². The van der Waals surface area contributed by atoms with Gasteiger partial charge in [-0.2, -0.15) is 5.10 Å². The van der Waals surface area contributed by atoms with Gasteiger partial charge in [0.1, 0.15) is 0 Å². The minimum Gasteiger partial charge on any atom is -0.314 e. The van der Waals surface area contributed by atoms with Crippen molar-refractivity contribution in [2.45, 2.75) is 32.9 Å². The number of piperazine rings is 1. The standard InChI is InChI=1S/C12H22N4/c1-4-11-7-12(15(3)14-11)9-16-6-5-13-8-10(16)2/h7,10,13H,4-6,8-9H2,1-3H3/t10-/m0/s1. The molecule has 0 radical (unpaired) electrons. The zero-order valence-corrected chi connectivity index (χ0v) is 10.5. The molecule has 0 bridgehead atoms. The highest BCUT2D eigenvalue weighted by Crippen LogP contribution is 2.11. The molecule has 2 rings (SSSR count). The second-order valence-corrected chi connectivity index (χ2v) is 4.63. The number of aryl methyl sites for hydroxylation is 2. The van der Waals surface area contributed by atoms with E-state index in [1.807, 2.05) is 11.7 Å². The Hall–Kier alpha value is -0.870. The summed E-state index contributed by atoms with van der Waals surface area (Å²) in [4.78, 5) is 2.52. The number of aromatic nitrogens is 2. The first-order valence-electron chi connectivity index (χ1n) is 6.17. The van der Waals surface area contributed by atoms with Crippen molar-refractivity contribution >= 4 is 0 Å². The van der Waals surface area contributed by atoms with Crippen LogP contribution in [-0.2, 0) is 20.0 Å². The van der Waals surface area contributed by atoms with Crippen LogP contribution in [0.4, 0.5) is 0 Å². The predicted octanol–water partition coefficient (Wildman–Crippen LogP) is 0.776. The van der Waals surface area contributed by atoms with E-state index in [2.05, 4.69) is 35.2 Å². The van der Waals surface area contributed by atoms with E-state index in [0.29, 0.717) is 6.04 Å². The van der Waals surface area contributed by atoms with E-state index in [9.17, 15) is 0 Å². The Morgan fingerprint density at radius 2 is 2.38 bits per heavy atom. The fourth-order valence-corrected chi connectivity index (χ4v) is 2.22. The zero-order chi connectivity index (χ0) is 11.5. The first kappa shape index (κ1) is 11.6. The first-order chi connectivity index (χ1) is 7.70. The SMILES string of the molecule is CCc1cc(CN2CCNC[C@@H]2C)n(C)n1. The van der Waals surface area contributed by atoms with E-state index in [4.69, 9.17) is 0 Å². The number of nitrogens with one attached hydrogen (secondary N) is 1. The number of rotatable bonds is 3. The van der Waals surface area contributed by atoms with Crippen LogP contribution in [0.3, 0.4) is 0 Å². The van der Waals surface area contributed by atoms with Crippen molar-refractivity contribution in [1.82, 2.24) is 20.0 Å². The van der Waals surface area contributed by atoms with E-state index in [0.717, 1.165) is 32.6 Å². The molecule has 0 saturated carbocycles. The molecule has 4 nitrogen and oxygen atoms in total. The fraction of sp³-hybridized carbons (Fsp3) is 0.750. The van der Waals surface area contributed by atoms with Gasteiger partial charge in [-0.25, -0.2) is 0 Å². The quantitative estimate of drug-likeness (QED) is 0.820. The summed E-state index contributed by atoms with van der Waals surface area (Å²) in [7, 11) is 2.04. The van der Waals surface area contributed by atoms with E-state index < -0.39 is 0 Å². The highest BCUT2D eigenvalue weighted by atomic mass is 15.3. The molecule has 90 valence electrons. The molecule has 1 aliphatic heterocycles. The van der Waals surface area contributed by atoms with Gasteiger partial charge >= 0.3 is 0 Å². The number of hydrogen-bond acceptors (Lipinski definition) is 3. The summed E-state index contributed by atoms with van der Waals surface area (Å²) in [6.07, 6.45) is 1.02. The Bertz CT molecular complexity index is 345. The molecule has 0 spiro atoms. The summed E-state index contributed by atoms with van der Waals surface area (Å²) in [5, 5.41) is 7.91. The number of nitrogens with zero attached hydrogens (tertiary/aromatic N) is 3. The van der Waals surface area contributed by atoms with Gasteiger partial charge in [-0.1, -0.05) is 6.92 Å². The molecule has 0 amide bonds. The lowest BCUT2D eigenvalue weighted by molar-refractivity contribution is 0.162. The van der Waals surface area contributed by atoms with Gasteiger partial charge in [0.2, 0.25) is 0 Å². The van der Waals surface area contributed by atoms with Crippen LogP contribution in [0.5, 0.6) is 0 Å². The molecule has 0 aromatic carbocycles. The van der Waals surface area contributed by atoms with Gasteiger partial charge in [0.15, 0.2) is 0 Å². The molecular weight excluding hydrogens is 200 g/mol. The Balaban J connectivity index is 2.04. The van der Waals surface area contributed by atoms with Crippen LogP contribution in [-0.4, -0.2) is 40.4 Å². The fourth-order valence-electron chi connectivity index (χ4n) is 2.22. The van der Waals surface area contributed by atoms with Crippen LogP contribution in [0.2, 0.25) is 0 Å². The van der Waals surface area contributed by atoms with Gasteiger partial charge in [0.25, 0.3) is 0 Å². The van der Waals surface area contributed by atoms with Gasteiger partial charge in [0.05, 0.1) is 11.4 Å². The second kappa shape index (κ2) is 4.97. The molecule has 0 unspecified atom stereocenters. The van der Waals surface area contributed by atoms with E-state index in [1.54, 1.807) is 0 Å². The Morgan fingerprint density at radius 3 is 3.00 bits per heavy atom. The molecule has 4 heteroatoms. The summed E-state index contributed by atoms with van der Waals surface area (Å²) in [6.45, 7) is 8.78. The molecule has 1 fully saturated rings. The number of hydrogen-bond donors (Lipinski definition) is 1. The summed E-state index contributed by atoms with van der Waals surface area (Å²) in [5.74, 6) is 0. The largest absolute Gasteiger partial charge is 0.314 e. The molecule has 1 aliphatic rings. The van der Waals surface area contributed by atoms with Gasteiger partial charge in [-0.05, 0) is 19.4 Å². The van der Waals surface area contributed by atoms with Gasteiger partial charge < -0.3 is 5.32 Å². The Morgan fingerprint density at radius 1 is 1.56 bits per heavy atom. The monoisotopic (exact) mass is 222 g/mol. The van der Waals surface area contributed by atoms with Crippen molar-refractivity contribution in [2.75, 3.05) is 19.6 Å². The maximum Gasteiger partial charge on any atom is 0.0625 e. The molecule has 1 N–H and O–H groups in total. The second-order valence-electron chi connectivity index (χ2n) is 4.63. The molecule has 2 heterocycles. The normalized spacial score (nSPS) is 22.6. The molecule has 16 heavy (non-hydrogen) atoms. The first-order valence-corrected chi connectivity index (χ1v) is 6.17. The average molecular weight is 222 g/mol. The van der Waals surface area contributed by atoms with Crippen LogP contribution in [0, 0.1) is 0 Å². The summed E-state index contributed by atoms with van der Waals surface area (Å²) in [5.41, 5.74) is 2.52. The summed E-state index contributed by atoms with van der Waals surface area (Å²) >= 11 is 0. The van der Waals surface area contributed by atoms with E-state index in [1.165, 1.54) is 11.4 Å². The van der Waals surface area contributed by atoms with Crippen molar-refractivity contribution < 1.29 is 0 Å². The molecule has 1 aromatic rings. The lowest BCUT2D eigenvalue weighted by Crippen LogP contribution is -2.49. The lowest BCUT2D eigenvalue weighted by Gasteiger charge is -2.33. The molecule has 1 atom stereocenters. The van der Waals surface area contributed by atoms with Gasteiger partial charge in [0, 0.05) is 39.3 Å². The minimum atomic E-state index is 0.619. The van der Waals surface area contributed by atoms with Crippen molar-refractivity contribution in [2.24, 2.45) is 7.05 Å². The van der Waals surface area contributed by atoms with Crippen molar-refractivity contribution in [3.05, 3.63) is 17.5 Å². The minimum absolute atomic E-state index is 0.619. The van der Waals surface area contributed by atoms with Crippen LogP contribution in [0.25, 0.3) is 0 Å². The average Bonchev–Trinajstić information content (AvgIpc) is 2.63. The summed E-state index contributed by atoms with van der Waals surface area (Å²) in [6, 6.07) is 2.85. The van der Waals surface area contributed by atoms with Gasteiger partial charge in [-0.3, -0.25) is 9.58 Å².